The first kappa shape index (κ1) is 12.9. The molecular formula is C11H14FNO2S. The van der Waals surface area contributed by atoms with Crippen molar-refractivity contribution in [2.24, 2.45) is 0 Å². The van der Waals surface area contributed by atoms with E-state index in [1.807, 2.05) is 0 Å². The molecule has 0 aliphatic carbocycles. The Morgan fingerprint density at radius 2 is 2.12 bits per heavy atom. The summed E-state index contributed by atoms with van der Waals surface area (Å²) in [5.74, 6) is -0.529. The molecule has 3 nitrogen and oxygen atoms in total. The van der Waals surface area contributed by atoms with E-state index in [2.05, 4.69) is 11.3 Å². The van der Waals surface area contributed by atoms with Crippen LogP contribution in [0.5, 0.6) is 0 Å². The molecule has 0 aromatic heterocycles. The summed E-state index contributed by atoms with van der Waals surface area (Å²) in [6.45, 7) is 7.02. The molecule has 0 saturated carbocycles. The first-order valence-electron chi connectivity index (χ1n) is 4.73. The minimum atomic E-state index is -3.65. The zero-order valence-electron chi connectivity index (χ0n) is 9.25. The van der Waals surface area contributed by atoms with Gasteiger partial charge in [0.15, 0.2) is 0 Å². The maximum absolute atomic E-state index is 13.2. The van der Waals surface area contributed by atoms with Gasteiger partial charge in [0.2, 0.25) is 10.0 Å². The lowest BCUT2D eigenvalue weighted by Crippen LogP contribution is -2.25. The summed E-state index contributed by atoms with van der Waals surface area (Å²) >= 11 is 0. The molecule has 16 heavy (non-hydrogen) atoms. The van der Waals surface area contributed by atoms with Gasteiger partial charge in [-0.2, -0.15) is 0 Å². The number of nitrogens with one attached hydrogen (secondary N) is 1. The number of hydrogen-bond acceptors (Lipinski definition) is 2. The highest BCUT2D eigenvalue weighted by molar-refractivity contribution is 7.89. The average Bonchev–Trinajstić information content (AvgIpc) is 2.19. The van der Waals surface area contributed by atoms with Gasteiger partial charge >= 0.3 is 0 Å². The fourth-order valence-electron chi connectivity index (χ4n) is 1.04. The normalized spacial score (nSPS) is 11.4. The number of rotatable bonds is 4. The molecule has 0 saturated heterocycles. The zero-order valence-corrected chi connectivity index (χ0v) is 10.1. The van der Waals surface area contributed by atoms with Crippen molar-refractivity contribution in [2.75, 3.05) is 6.54 Å². The minimum Gasteiger partial charge on any atom is -0.207 e. The Morgan fingerprint density at radius 3 is 2.62 bits per heavy atom. The van der Waals surface area contributed by atoms with Crippen LogP contribution in [0.25, 0.3) is 0 Å². The van der Waals surface area contributed by atoms with E-state index in [9.17, 15) is 12.8 Å². The lowest BCUT2D eigenvalue weighted by Gasteiger charge is -2.07. The zero-order chi connectivity index (χ0) is 12.3. The Kier molecular flexibility index (Phi) is 3.83. The fraction of sp³-hybridized carbons (Fsp3) is 0.273. The third kappa shape index (κ3) is 3.15. The summed E-state index contributed by atoms with van der Waals surface area (Å²) in [7, 11) is -3.65. The second-order valence-electron chi connectivity index (χ2n) is 3.69. The van der Waals surface area contributed by atoms with E-state index in [1.54, 1.807) is 13.8 Å². The third-order valence-electron chi connectivity index (χ3n) is 2.02. The molecule has 0 aliphatic heterocycles. The van der Waals surface area contributed by atoms with Crippen LogP contribution in [-0.4, -0.2) is 15.0 Å². The summed E-state index contributed by atoms with van der Waals surface area (Å²) in [6.07, 6.45) is 0. The number of aryl methyl sites for hydroxylation is 1. The van der Waals surface area contributed by atoms with Gasteiger partial charge in [0.25, 0.3) is 0 Å². The van der Waals surface area contributed by atoms with Gasteiger partial charge in [0.1, 0.15) is 5.82 Å². The van der Waals surface area contributed by atoms with Gasteiger partial charge in [0, 0.05) is 6.54 Å². The SMILES string of the molecule is C=C(C)CNS(=O)(=O)c1ccc(C)c(F)c1. The van der Waals surface area contributed by atoms with Crippen LogP contribution in [0.3, 0.4) is 0 Å². The van der Waals surface area contributed by atoms with Crippen molar-refractivity contribution in [1.29, 1.82) is 0 Å². The quantitative estimate of drug-likeness (QED) is 0.822. The van der Waals surface area contributed by atoms with Crippen LogP contribution in [-0.2, 0) is 10.0 Å². The molecule has 5 heteroatoms. The summed E-state index contributed by atoms with van der Waals surface area (Å²) in [4.78, 5) is -0.0724. The summed E-state index contributed by atoms with van der Waals surface area (Å²) in [5, 5.41) is 0. The van der Waals surface area contributed by atoms with Crippen LogP contribution in [0.15, 0.2) is 35.2 Å². The minimum absolute atomic E-state index is 0.0724. The van der Waals surface area contributed by atoms with Crippen molar-refractivity contribution in [2.45, 2.75) is 18.7 Å². The maximum atomic E-state index is 13.2. The molecule has 0 aliphatic rings. The Bertz CT molecular complexity index is 509. The third-order valence-corrected chi connectivity index (χ3v) is 3.42. The summed E-state index contributed by atoms with van der Waals surface area (Å²) < 4.78 is 38.9. The van der Waals surface area contributed by atoms with E-state index in [1.165, 1.54) is 12.1 Å². The molecule has 1 aromatic carbocycles. The van der Waals surface area contributed by atoms with E-state index in [-0.39, 0.29) is 11.4 Å². The van der Waals surface area contributed by atoms with Crippen molar-refractivity contribution in [3.63, 3.8) is 0 Å². The number of benzene rings is 1. The van der Waals surface area contributed by atoms with Crippen molar-refractivity contribution in [1.82, 2.24) is 4.72 Å². The van der Waals surface area contributed by atoms with Gasteiger partial charge in [-0.15, -0.1) is 0 Å². The van der Waals surface area contributed by atoms with Crippen molar-refractivity contribution in [3.8, 4) is 0 Å². The Hall–Kier alpha value is -1.20. The van der Waals surface area contributed by atoms with Gasteiger partial charge in [-0.05, 0) is 31.5 Å². The first-order valence-corrected chi connectivity index (χ1v) is 6.21. The Labute approximate surface area is 95.0 Å². The van der Waals surface area contributed by atoms with Crippen molar-refractivity contribution < 1.29 is 12.8 Å². The predicted molar refractivity (Wildman–Crippen MR) is 61.1 cm³/mol. The fourth-order valence-corrected chi connectivity index (χ4v) is 2.15. The van der Waals surface area contributed by atoms with Gasteiger partial charge in [-0.25, -0.2) is 17.5 Å². The van der Waals surface area contributed by atoms with Crippen LogP contribution in [0.2, 0.25) is 0 Å². The lowest BCUT2D eigenvalue weighted by atomic mass is 10.2. The summed E-state index contributed by atoms with van der Waals surface area (Å²) in [5.41, 5.74) is 1.11. The highest BCUT2D eigenvalue weighted by atomic mass is 32.2. The Balaban J connectivity index is 2.99. The monoisotopic (exact) mass is 243 g/mol. The van der Waals surface area contributed by atoms with Crippen LogP contribution >= 0.6 is 0 Å². The molecule has 1 N–H and O–H groups in total. The van der Waals surface area contributed by atoms with Crippen molar-refractivity contribution >= 4 is 10.0 Å². The molecule has 0 heterocycles. The number of sulfonamides is 1. The van der Waals surface area contributed by atoms with E-state index in [0.29, 0.717) is 11.1 Å². The van der Waals surface area contributed by atoms with Gasteiger partial charge < -0.3 is 0 Å². The molecule has 1 aromatic rings. The van der Waals surface area contributed by atoms with Gasteiger partial charge in [0.05, 0.1) is 4.90 Å². The van der Waals surface area contributed by atoms with Crippen LogP contribution in [0.4, 0.5) is 4.39 Å². The largest absolute Gasteiger partial charge is 0.240 e. The van der Waals surface area contributed by atoms with Gasteiger partial charge in [-0.1, -0.05) is 18.2 Å². The summed E-state index contributed by atoms with van der Waals surface area (Å²) in [6, 6.07) is 3.82. The average molecular weight is 243 g/mol. The molecule has 0 amide bonds. The molecule has 1 rings (SSSR count). The van der Waals surface area contributed by atoms with Crippen LogP contribution < -0.4 is 4.72 Å². The molecule has 88 valence electrons. The first-order chi connectivity index (χ1) is 7.33. The maximum Gasteiger partial charge on any atom is 0.240 e. The molecule has 0 radical (unpaired) electrons. The molecule has 0 bridgehead atoms. The number of halogens is 1. The van der Waals surface area contributed by atoms with E-state index >= 15 is 0 Å². The van der Waals surface area contributed by atoms with Crippen molar-refractivity contribution in [3.05, 3.63) is 41.7 Å². The molecule has 0 fully saturated rings. The lowest BCUT2D eigenvalue weighted by molar-refractivity contribution is 0.579. The standard InChI is InChI=1S/C11H14FNO2S/c1-8(2)7-13-16(14,15)10-5-4-9(3)11(12)6-10/h4-6,13H,1,7H2,2-3H3. The van der Waals surface area contributed by atoms with Crippen LogP contribution in [0, 0.1) is 12.7 Å². The molecule has 0 unspecified atom stereocenters. The smallest absolute Gasteiger partial charge is 0.207 e. The topological polar surface area (TPSA) is 46.2 Å². The molecular weight excluding hydrogens is 229 g/mol. The Morgan fingerprint density at radius 1 is 1.50 bits per heavy atom. The van der Waals surface area contributed by atoms with Gasteiger partial charge in [-0.3, -0.25) is 0 Å². The van der Waals surface area contributed by atoms with E-state index in [0.717, 1.165) is 6.07 Å². The molecule has 0 atom stereocenters. The highest BCUT2D eigenvalue weighted by Gasteiger charge is 2.14. The predicted octanol–water partition coefficient (Wildman–Crippen LogP) is 1.99. The van der Waals surface area contributed by atoms with Crippen LogP contribution in [0.1, 0.15) is 12.5 Å². The van der Waals surface area contributed by atoms with E-state index < -0.39 is 15.8 Å². The highest BCUT2D eigenvalue weighted by Crippen LogP contribution is 2.13. The van der Waals surface area contributed by atoms with E-state index in [4.69, 9.17) is 0 Å². The second-order valence-corrected chi connectivity index (χ2v) is 5.46. The molecule has 0 spiro atoms. The second kappa shape index (κ2) is 4.76. The number of hydrogen-bond donors (Lipinski definition) is 1.